The van der Waals surface area contributed by atoms with Gasteiger partial charge in [-0.05, 0) is 43.5 Å². The van der Waals surface area contributed by atoms with Crippen LogP contribution in [0.4, 0.5) is 4.39 Å². The van der Waals surface area contributed by atoms with Crippen molar-refractivity contribution in [2.75, 3.05) is 0 Å². The van der Waals surface area contributed by atoms with E-state index in [4.69, 9.17) is 5.10 Å². The van der Waals surface area contributed by atoms with Crippen LogP contribution in [0.3, 0.4) is 0 Å². The maximum Gasteiger partial charge on any atom is 0.273 e. The molecule has 0 bridgehead atoms. The fourth-order valence-electron chi connectivity index (χ4n) is 4.84. The lowest BCUT2D eigenvalue weighted by atomic mass is 9.91. The van der Waals surface area contributed by atoms with Gasteiger partial charge in [-0.15, -0.1) is 0 Å². The normalized spacial score (nSPS) is 22.1. The van der Waals surface area contributed by atoms with Crippen molar-refractivity contribution in [3.05, 3.63) is 53.1 Å². The Bertz CT molecular complexity index is 1030. The van der Waals surface area contributed by atoms with Gasteiger partial charge in [0.2, 0.25) is 5.91 Å². The number of carbonyl (C=O) groups excluding carboxylic acids is 2. The van der Waals surface area contributed by atoms with Gasteiger partial charge in [-0.3, -0.25) is 14.3 Å². The number of benzene rings is 1. The van der Waals surface area contributed by atoms with E-state index in [1.165, 1.54) is 25.0 Å². The number of rotatable bonds is 4. The van der Waals surface area contributed by atoms with E-state index in [0.29, 0.717) is 11.3 Å². The summed E-state index contributed by atoms with van der Waals surface area (Å²) in [5.74, 6) is -0.786. The number of nitrogens with one attached hydrogen (secondary N) is 1. The Labute approximate surface area is 195 Å². The molecule has 4 rings (SSSR count). The standard InChI is InChI=1S/C26H35FN4O2/c1-25(2,3)22-15-21-23(32)30(16-18-10-9-11-19(27)14-18)26(4,17-31(21)29-22)24(33)28-20-12-7-5-6-8-13-20/h9-11,14-15,20H,5-8,12-13,16-17H2,1-4H3,(H,28,33). The maximum absolute atomic E-state index is 13.9. The molecule has 0 saturated heterocycles. The van der Waals surface area contributed by atoms with Gasteiger partial charge in [0.15, 0.2) is 0 Å². The van der Waals surface area contributed by atoms with E-state index in [2.05, 4.69) is 5.32 Å². The molecule has 6 nitrogen and oxygen atoms in total. The molecule has 1 fully saturated rings. The van der Waals surface area contributed by atoms with Crippen LogP contribution in [0.15, 0.2) is 30.3 Å². The third kappa shape index (κ3) is 4.82. The quantitative estimate of drug-likeness (QED) is 0.688. The molecule has 33 heavy (non-hydrogen) atoms. The fourth-order valence-corrected chi connectivity index (χ4v) is 4.84. The summed E-state index contributed by atoms with van der Waals surface area (Å²) in [5, 5.41) is 7.93. The monoisotopic (exact) mass is 454 g/mol. The maximum atomic E-state index is 13.9. The van der Waals surface area contributed by atoms with Crippen LogP contribution >= 0.6 is 0 Å². The number of nitrogens with zero attached hydrogens (tertiary/aromatic N) is 3. The fraction of sp³-hybridized carbons (Fsp3) is 0.577. The van der Waals surface area contributed by atoms with Crippen molar-refractivity contribution < 1.29 is 14.0 Å². The number of halogens is 1. The molecule has 1 aromatic carbocycles. The summed E-state index contributed by atoms with van der Waals surface area (Å²) >= 11 is 0. The third-order valence-electron chi connectivity index (χ3n) is 6.98. The van der Waals surface area contributed by atoms with Gasteiger partial charge in [-0.2, -0.15) is 5.10 Å². The van der Waals surface area contributed by atoms with Crippen LogP contribution in [-0.4, -0.2) is 38.1 Å². The second-order valence-electron chi connectivity index (χ2n) is 10.8. The molecular formula is C26H35FN4O2. The molecule has 1 aliphatic heterocycles. The Morgan fingerprint density at radius 1 is 1.18 bits per heavy atom. The second-order valence-corrected chi connectivity index (χ2v) is 10.8. The molecule has 0 spiro atoms. The molecule has 1 aromatic heterocycles. The van der Waals surface area contributed by atoms with Crippen LogP contribution in [-0.2, 0) is 23.3 Å². The van der Waals surface area contributed by atoms with Gasteiger partial charge in [-0.1, -0.05) is 58.6 Å². The van der Waals surface area contributed by atoms with Gasteiger partial charge in [-0.25, -0.2) is 4.39 Å². The lowest BCUT2D eigenvalue weighted by Crippen LogP contribution is -2.64. The molecule has 1 atom stereocenters. The average molecular weight is 455 g/mol. The van der Waals surface area contributed by atoms with Gasteiger partial charge in [0, 0.05) is 18.0 Å². The molecule has 2 aromatic rings. The van der Waals surface area contributed by atoms with E-state index in [9.17, 15) is 14.0 Å². The van der Waals surface area contributed by atoms with E-state index < -0.39 is 5.54 Å². The first-order valence-corrected chi connectivity index (χ1v) is 12.0. The minimum absolute atomic E-state index is 0.118. The molecular weight excluding hydrogens is 419 g/mol. The van der Waals surface area contributed by atoms with Crippen LogP contribution in [0.5, 0.6) is 0 Å². The highest BCUT2D eigenvalue weighted by Gasteiger charge is 2.48. The summed E-state index contributed by atoms with van der Waals surface area (Å²) in [6.45, 7) is 8.37. The average Bonchev–Trinajstić information content (AvgIpc) is 3.01. The molecule has 0 radical (unpaired) electrons. The Balaban J connectivity index is 1.69. The molecule has 1 unspecified atom stereocenters. The summed E-state index contributed by atoms with van der Waals surface area (Å²) in [4.78, 5) is 29.0. The zero-order valence-corrected chi connectivity index (χ0v) is 20.2. The first kappa shape index (κ1) is 23.5. The molecule has 178 valence electrons. The SMILES string of the molecule is CC(C)(C)c1cc2n(n1)CC(C)(C(=O)NC1CCCCCC1)N(Cc1cccc(F)c1)C2=O. The van der Waals surface area contributed by atoms with Crippen molar-refractivity contribution in [1.82, 2.24) is 20.0 Å². The number of hydrogen-bond donors (Lipinski definition) is 1. The Hall–Kier alpha value is -2.70. The predicted molar refractivity (Wildman–Crippen MR) is 125 cm³/mol. The molecule has 2 amide bonds. The molecule has 2 aliphatic rings. The van der Waals surface area contributed by atoms with Crippen molar-refractivity contribution in [2.45, 2.75) is 96.3 Å². The highest BCUT2D eigenvalue weighted by molar-refractivity contribution is 5.99. The van der Waals surface area contributed by atoms with Crippen molar-refractivity contribution in [1.29, 1.82) is 0 Å². The van der Waals surface area contributed by atoms with E-state index >= 15 is 0 Å². The summed E-state index contributed by atoms with van der Waals surface area (Å²) in [5.41, 5.74) is 0.572. The van der Waals surface area contributed by atoms with Crippen LogP contribution < -0.4 is 5.32 Å². The van der Waals surface area contributed by atoms with Gasteiger partial charge >= 0.3 is 0 Å². The minimum atomic E-state index is -1.14. The zero-order chi connectivity index (χ0) is 23.8. The van der Waals surface area contributed by atoms with E-state index in [0.717, 1.165) is 31.4 Å². The summed E-state index contributed by atoms with van der Waals surface area (Å²) < 4.78 is 15.6. The predicted octanol–water partition coefficient (Wildman–Crippen LogP) is 4.57. The molecule has 2 heterocycles. The molecule has 1 saturated carbocycles. The highest BCUT2D eigenvalue weighted by atomic mass is 19.1. The van der Waals surface area contributed by atoms with E-state index in [1.807, 2.05) is 26.8 Å². The zero-order valence-electron chi connectivity index (χ0n) is 20.2. The largest absolute Gasteiger partial charge is 0.351 e. The van der Waals surface area contributed by atoms with Crippen molar-refractivity contribution in [3.8, 4) is 0 Å². The van der Waals surface area contributed by atoms with Crippen molar-refractivity contribution in [2.24, 2.45) is 0 Å². The molecule has 1 aliphatic carbocycles. The van der Waals surface area contributed by atoms with E-state index in [1.54, 1.807) is 28.6 Å². The number of aromatic nitrogens is 2. The van der Waals surface area contributed by atoms with Crippen LogP contribution in [0.1, 0.15) is 88.0 Å². The van der Waals surface area contributed by atoms with Crippen LogP contribution in [0.2, 0.25) is 0 Å². The molecule has 7 heteroatoms. The van der Waals surface area contributed by atoms with Gasteiger partial charge in [0.1, 0.15) is 17.1 Å². The number of fused-ring (bicyclic) bond motifs is 1. The van der Waals surface area contributed by atoms with Gasteiger partial charge < -0.3 is 10.2 Å². The number of hydrogen-bond acceptors (Lipinski definition) is 3. The Morgan fingerprint density at radius 2 is 1.88 bits per heavy atom. The van der Waals surface area contributed by atoms with Crippen LogP contribution in [0, 0.1) is 5.82 Å². The topological polar surface area (TPSA) is 67.2 Å². The first-order valence-electron chi connectivity index (χ1n) is 12.0. The Morgan fingerprint density at radius 3 is 2.52 bits per heavy atom. The summed E-state index contributed by atoms with van der Waals surface area (Å²) in [7, 11) is 0. The third-order valence-corrected chi connectivity index (χ3v) is 6.98. The lowest BCUT2D eigenvalue weighted by molar-refractivity contribution is -0.134. The minimum Gasteiger partial charge on any atom is -0.351 e. The summed E-state index contributed by atoms with van der Waals surface area (Å²) in [6.07, 6.45) is 6.51. The number of carbonyl (C=O) groups is 2. The molecule has 1 N–H and O–H groups in total. The number of amides is 2. The van der Waals surface area contributed by atoms with Crippen molar-refractivity contribution in [3.63, 3.8) is 0 Å². The van der Waals surface area contributed by atoms with E-state index in [-0.39, 0.29) is 42.2 Å². The highest BCUT2D eigenvalue weighted by Crippen LogP contribution is 2.32. The van der Waals surface area contributed by atoms with Crippen LogP contribution in [0.25, 0.3) is 0 Å². The lowest BCUT2D eigenvalue weighted by Gasteiger charge is -2.44. The smallest absolute Gasteiger partial charge is 0.273 e. The van der Waals surface area contributed by atoms with Gasteiger partial charge in [0.05, 0.1) is 12.2 Å². The second kappa shape index (κ2) is 8.92. The summed E-state index contributed by atoms with van der Waals surface area (Å²) in [6, 6.07) is 8.15. The Kier molecular flexibility index (Phi) is 6.34. The van der Waals surface area contributed by atoms with Crippen molar-refractivity contribution >= 4 is 11.8 Å². The van der Waals surface area contributed by atoms with Gasteiger partial charge in [0.25, 0.3) is 5.91 Å². The first-order chi connectivity index (χ1) is 15.6.